The van der Waals surface area contributed by atoms with Crippen molar-refractivity contribution in [2.75, 3.05) is 18.1 Å². The molecular weight excluding hydrogens is 711 g/mol. The van der Waals surface area contributed by atoms with E-state index in [9.17, 15) is 37.1 Å². The maximum Gasteiger partial charge on any atom is 0.413 e. The Morgan fingerprint density at radius 2 is 1.70 bits per heavy atom. The van der Waals surface area contributed by atoms with Gasteiger partial charge in [0.15, 0.2) is 17.2 Å². The van der Waals surface area contributed by atoms with Crippen molar-refractivity contribution in [2.24, 2.45) is 0 Å². The van der Waals surface area contributed by atoms with E-state index in [-0.39, 0.29) is 55.3 Å². The molecule has 0 radical (unpaired) electrons. The molecule has 1 N–H and O–H groups in total. The van der Waals surface area contributed by atoms with Crippen molar-refractivity contribution in [2.45, 2.75) is 90.7 Å². The van der Waals surface area contributed by atoms with Crippen LogP contribution >= 0.6 is 0 Å². The largest absolute Gasteiger partial charge is 0.465 e. The van der Waals surface area contributed by atoms with Gasteiger partial charge in [-0.25, -0.2) is 27.3 Å². The first-order valence-electron chi connectivity index (χ1n) is 17.4. The summed E-state index contributed by atoms with van der Waals surface area (Å²) < 4.78 is 65.2. The summed E-state index contributed by atoms with van der Waals surface area (Å²) in [7, 11) is -1.48. The number of hydrogen-bond donors (Lipinski definition) is 1. The topological polar surface area (TPSA) is 108 Å². The minimum Gasteiger partial charge on any atom is -0.465 e. The summed E-state index contributed by atoms with van der Waals surface area (Å²) in [6.45, 7) is 13.7. The van der Waals surface area contributed by atoms with Gasteiger partial charge in [0.25, 0.3) is 11.8 Å². The minimum absolute atomic E-state index is 0.00660. The van der Waals surface area contributed by atoms with E-state index in [1.165, 1.54) is 26.8 Å². The SMILES string of the molecule is Cc1cc(N(C(=O)O)C(C)(C)C)nc2c1cc(CN1C(=O)c3cc(F)ccc3[C@]13CCN(Cc1cc(F)c(F)cc1F)C3=O)n2COCC[Si](C)(C)C. The molecule has 2 aliphatic rings. The smallest absolute Gasteiger partial charge is 0.413 e. The molecule has 53 heavy (non-hydrogen) atoms. The number of anilines is 1. The standard InChI is InChI=1S/C38H43F4N5O5Si/c1-22-14-32(47(36(50)51)37(2,3)4)43-33-26(22)17-25(45(33)21-52-12-13-53(5,6)7)20-46-34(48)27-16-24(39)8-9-28(27)38(46)10-11-44(35(38)49)19-23-15-30(41)31(42)18-29(23)40/h8-9,14-18H,10-13,19-21H2,1-7H3,(H,50,51)/t38-/m0/s1. The number of nitrogens with zero attached hydrogens (tertiary/aromatic N) is 5. The second-order valence-electron chi connectivity index (χ2n) is 16.0. The lowest BCUT2D eigenvalue weighted by atomic mass is 9.87. The number of carbonyl (C=O) groups excluding carboxylic acids is 2. The van der Waals surface area contributed by atoms with Crippen LogP contribution in [0.1, 0.15) is 59.9 Å². The first-order chi connectivity index (χ1) is 24.7. The molecule has 4 aromatic rings. The fraction of sp³-hybridized carbons (Fsp3) is 0.421. The van der Waals surface area contributed by atoms with Crippen LogP contribution in [-0.2, 0) is 34.9 Å². The average molecular weight is 754 g/mol. The Labute approximate surface area is 306 Å². The second kappa shape index (κ2) is 13.6. The Kier molecular flexibility index (Phi) is 9.73. The van der Waals surface area contributed by atoms with E-state index in [0.29, 0.717) is 41.0 Å². The number of carbonyl (C=O) groups is 3. The summed E-state index contributed by atoms with van der Waals surface area (Å²) >= 11 is 0. The molecule has 4 heterocycles. The number of halogens is 4. The maximum atomic E-state index is 14.7. The van der Waals surface area contributed by atoms with Gasteiger partial charge in [0.2, 0.25) is 0 Å². The van der Waals surface area contributed by atoms with Crippen LogP contribution in [0, 0.1) is 30.2 Å². The Hall–Kier alpha value is -4.76. The van der Waals surface area contributed by atoms with Crippen LogP contribution in [0.4, 0.5) is 28.2 Å². The third-order valence-corrected chi connectivity index (χ3v) is 11.7. The summed E-state index contributed by atoms with van der Waals surface area (Å²) in [5.74, 6) is -5.28. The van der Waals surface area contributed by atoms with E-state index in [2.05, 4.69) is 19.6 Å². The van der Waals surface area contributed by atoms with Crippen LogP contribution in [0.5, 0.6) is 0 Å². The Balaban J connectivity index is 1.45. The summed E-state index contributed by atoms with van der Waals surface area (Å²) in [5.41, 5.74) is -0.736. The van der Waals surface area contributed by atoms with Crippen molar-refractivity contribution in [3.63, 3.8) is 0 Å². The number of ether oxygens (including phenoxy) is 1. The highest BCUT2D eigenvalue weighted by atomic mass is 28.3. The molecule has 0 unspecified atom stereocenters. The lowest BCUT2D eigenvalue weighted by molar-refractivity contribution is -0.137. The Morgan fingerprint density at radius 1 is 1.00 bits per heavy atom. The molecule has 0 aliphatic carbocycles. The van der Waals surface area contributed by atoms with Crippen LogP contribution in [0.15, 0.2) is 42.5 Å². The van der Waals surface area contributed by atoms with E-state index < -0.39 is 60.3 Å². The molecule has 2 aromatic carbocycles. The van der Waals surface area contributed by atoms with Gasteiger partial charge in [-0.1, -0.05) is 25.7 Å². The van der Waals surface area contributed by atoms with Gasteiger partial charge in [-0.2, -0.15) is 0 Å². The van der Waals surface area contributed by atoms with Crippen molar-refractivity contribution < 1.29 is 41.8 Å². The highest BCUT2D eigenvalue weighted by molar-refractivity contribution is 6.76. The molecule has 1 saturated heterocycles. The van der Waals surface area contributed by atoms with Gasteiger partial charge in [0, 0.05) is 73.6 Å². The number of hydrogen-bond acceptors (Lipinski definition) is 5. The normalized spacial score (nSPS) is 17.5. The molecule has 282 valence electrons. The number of benzene rings is 2. The van der Waals surface area contributed by atoms with Gasteiger partial charge >= 0.3 is 6.09 Å². The number of pyridine rings is 1. The molecule has 2 aliphatic heterocycles. The van der Waals surface area contributed by atoms with Crippen molar-refractivity contribution in [3.8, 4) is 0 Å². The molecule has 6 rings (SSSR count). The van der Waals surface area contributed by atoms with Gasteiger partial charge < -0.3 is 24.2 Å². The van der Waals surface area contributed by atoms with Gasteiger partial charge in [-0.15, -0.1) is 0 Å². The van der Waals surface area contributed by atoms with Crippen LogP contribution in [0.2, 0.25) is 25.7 Å². The monoisotopic (exact) mass is 753 g/mol. The maximum absolute atomic E-state index is 14.7. The summed E-state index contributed by atoms with van der Waals surface area (Å²) in [6.07, 6.45) is -1.12. The minimum atomic E-state index is -1.62. The number of aromatic nitrogens is 2. The zero-order chi connectivity index (χ0) is 38.8. The molecule has 15 heteroatoms. The van der Waals surface area contributed by atoms with Gasteiger partial charge in [-0.3, -0.25) is 14.5 Å². The van der Waals surface area contributed by atoms with Crippen LogP contribution in [0.3, 0.4) is 0 Å². The molecule has 2 aromatic heterocycles. The quantitative estimate of drug-likeness (QED) is 0.0768. The van der Waals surface area contributed by atoms with Gasteiger partial charge in [0.05, 0.1) is 6.54 Å². The zero-order valence-electron chi connectivity index (χ0n) is 30.8. The molecule has 0 bridgehead atoms. The predicted molar refractivity (Wildman–Crippen MR) is 193 cm³/mol. The first-order valence-corrected chi connectivity index (χ1v) is 21.1. The third kappa shape index (κ3) is 6.91. The van der Waals surface area contributed by atoms with E-state index in [1.807, 2.05) is 13.0 Å². The van der Waals surface area contributed by atoms with Crippen LogP contribution < -0.4 is 4.90 Å². The van der Waals surface area contributed by atoms with Crippen molar-refractivity contribution in [3.05, 3.63) is 93.7 Å². The predicted octanol–water partition coefficient (Wildman–Crippen LogP) is 7.78. The average Bonchev–Trinajstić information content (AvgIpc) is 3.63. The first kappa shape index (κ1) is 38.0. The van der Waals surface area contributed by atoms with E-state index >= 15 is 0 Å². The van der Waals surface area contributed by atoms with Gasteiger partial charge in [0.1, 0.15) is 29.8 Å². The number of likely N-dealkylation sites (tertiary alicyclic amines) is 1. The van der Waals surface area contributed by atoms with Crippen LogP contribution in [0.25, 0.3) is 11.0 Å². The lowest BCUT2D eigenvalue weighted by Crippen LogP contribution is -2.49. The Morgan fingerprint density at radius 3 is 2.36 bits per heavy atom. The number of rotatable bonds is 10. The summed E-state index contributed by atoms with van der Waals surface area (Å²) in [5, 5.41) is 10.8. The molecular formula is C38H43F4N5O5Si. The molecule has 0 saturated carbocycles. The van der Waals surface area contributed by atoms with Gasteiger partial charge in [-0.05, 0) is 69.6 Å². The highest BCUT2D eigenvalue weighted by Gasteiger charge is 2.59. The molecule has 3 amide bonds. The second-order valence-corrected chi connectivity index (χ2v) is 21.6. The fourth-order valence-electron chi connectivity index (χ4n) is 7.26. The summed E-state index contributed by atoms with van der Waals surface area (Å²) in [4.78, 5) is 49.9. The lowest BCUT2D eigenvalue weighted by Gasteiger charge is -2.34. The van der Waals surface area contributed by atoms with Crippen molar-refractivity contribution >= 4 is 42.8 Å². The van der Waals surface area contributed by atoms with E-state index in [1.54, 1.807) is 31.4 Å². The number of fused-ring (bicyclic) bond motifs is 3. The molecule has 1 atom stereocenters. The van der Waals surface area contributed by atoms with E-state index in [0.717, 1.165) is 12.1 Å². The molecule has 1 spiro atoms. The van der Waals surface area contributed by atoms with Crippen LogP contribution in [-0.4, -0.2) is 69.1 Å². The number of aryl methyl sites for hydroxylation is 1. The van der Waals surface area contributed by atoms with Crippen molar-refractivity contribution in [1.82, 2.24) is 19.4 Å². The Bertz CT molecular complexity index is 2150. The fourth-order valence-corrected chi connectivity index (χ4v) is 8.02. The number of amides is 3. The zero-order valence-corrected chi connectivity index (χ0v) is 31.8. The highest BCUT2D eigenvalue weighted by Crippen LogP contribution is 2.48. The third-order valence-electron chi connectivity index (χ3n) is 9.97. The summed E-state index contributed by atoms with van der Waals surface area (Å²) in [6, 6.07) is 9.17. The molecule has 10 nitrogen and oxygen atoms in total. The molecule has 1 fully saturated rings. The van der Waals surface area contributed by atoms with Crippen molar-refractivity contribution in [1.29, 1.82) is 0 Å². The number of carboxylic acid groups (broad SMARTS) is 1. The van der Waals surface area contributed by atoms with E-state index in [4.69, 9.17) is 9.72 Å².